The maximum Gasteiger partial charge on any atom is 0.294 e. The molecule has 0 radical (unpaired) electrons. The molecule has 0 spiro atoms. The molecule has 0 saturated carbocycles. The molecule has 0 unspecified atom stereocenters. The van der Waals surface area contributed by atoms with Crippen LogP contribution < -0.4 is 0 Å². The van der Waals surface area contributed by atoms with Crippen LogP contribution in [0.15, 0.2) is 35.2 Å². The highest BCUT2D eigenvalue weighted by Crippen LogP contribution is 2.05. The lowest BCUT2D eigenvalue weighted by molar-refractivity contribution is 0.483. The lowest BCUT2D eigenvalue weighted by atomic mass is 10.4. The molecule has 1 aromatic rings. The first-order valence-electron chi connectivity index (χ1n) is 3.08. The third kappa shape index (κ3) is 4.86. The van der Waals surface area contributed by atoms with Crippen molar-refractivity contribution in [2.75, 3.05) is 0 Å². The molecule has 1 aromatic carbocycles. The van der Waals surface area contributed by atoms with Crippen LogP contribution in [0.5, 0.6) is 0 Å². The third-order valence-corrected chi connectivity index (χ3v) is 1.91. The van der Waals surface area contributed by atoms with Crippen LogP contribution in [0.1, 0.15) is 0 Å². The molecule has 1 rings (SSSR count). The van der Waals surface area contributed by atoms with Crippen molar-refractivity contribution < 1.29 is 17.8 Å². The second kappa shape index (κ2) is 5.21. The van der Waals surface area contributed by atoms with Gasteiger partial charge >= 0.3 is 0 Å². The van der Waals surface area contributed by atoms with Gasteiger partial charge in [0, 0.05) is 0 Å². The van der Waals surface area contributed by atoms with E-state index in [1.165, 1.54) is 12.1 Å². The fraction of sp³-hybridized carbons (Fsp3) is 0. The number of benzene rings is 1. The van der Waals surface area contributed by atoms with Crippen LogP contribution in [-0.4, -0.2) is 19.1 Å². The molecule has 0 aliphatic carbocycles. The Bertz CT molecular complexity index is 378. The van der Waals surface area contributed by atoms with Crippen molar-refractivity contribution in [3.63, 3.8) is 0 Å². The summed E-state index contributed by atoms with van der Waals surface area (Å²) < 4.78 is 29.2. The maximum absolute atomic E-state index is 10.4. The van der Waals surface area contributed by atoms with Gasteiger partial charge in [0.1, 0.15) is 0 Å². The zero-order valence-corrected chi connectivity index (χ0v) is 7.28. The van der Waals surface area contributed by atoms with E-state index >= 15 is 0 Å². The molecular weight excluding hydrogens is 194 g/mol. The number of hydrogen-bond acceptors (Lipinski definition) is 4. The van der Waals surface area contributed by atoms with Crippen LogP contribution in [0.3, 0.4) is 0 Å². The minimum Gasteiger partial charge on any atom is -0.282 e. The van der Waals surface area contributed by atoms with Crippen molar-refractivity contribution in [2.45, 2.75) is 4.90 Å². The Morgan fingerprint density at radius 2 is 1.62 bits per heavy atom. The lowest BCUT2D eigenvalue weighted by Crippen LogP contribution is -1.96. The third-order valence-electron chi connectivity index (χ3n) is 1.04. The number of hydrogen-bond donors (Lipinski definition) is 2. The standard InChI is InChI=1S/C6H6O3S.CHNO/c7-10(8,9)6-4-2-1-3-5-6;2-1-3/h1-5H,(H,7,8,9);2H. The molecule has 6 heteroatoms. The summed E-state index contributed by atoms with van der Waals surface area (Å²) in [5.41, 5.74) is 0. The summed E-state index contributed by atoms with van der Waals surface area (Å²) in [6.45, 7) is 0. The van der Waals surface area contributed by atoms with Crippen molar-refractivity contribution in [1.82, 2.24) is 0 Å². The predicted octanol–water partition coefficient (Wildman–Crippen LogP) is 0.834. The van der Waals surface area contributed by atoms with Crippen LogP contribution in [0.2, 0.25) is 0 Å². The minimum absolute atomic E-state index is 0.0741. The van der Waals surface area contributed by atoms with Crippen LogP contribution >= 0.6 is 0 Å². The monoisotopic (exact) mass is 201 g/mol. The molecule has 0 aliphatic rings. The van der Waals surface area contributed by atoms with Crippen molar-refractivity contribution >= 4 is 16.2 Å². The minimum atomic E-state index is -4.00. The van der Waals surface area contributed by atoms with Crippen molar-refractivity contribution in [3.05, 3.63) is 30.3 Å². The average molecular weight is 201 g/mol. The molecule has 5 nitrogen and oxygen atoms in total. The normalized spacial score (nSPS) is 9.31. The first kappa shape index (κ1) is 11.5. The van der Waals surface area contributed by atoms with E-state index in [9.17, 15) is 8.42 Å². The van der Waals surface area contributed by atoms with Gasteiger partial charge in [-0.25, -0.2) is 10.2 Å². The van der Waals surface area contributed by atoms with Crippen LogP contribution in [0.4, 0.5) is 0 Å². The molecule has 0 atom stereocenters. The van der Waals surface area contributed by atoms with E-state index in [4.69, 9.17) is 14.8 Å². The molecule has 0 amide bonds. The van der Waals surface area contributed by atoms with Gasteiger partial charge < -0.3 is 0 Å². The van der Waals surface area contributed by atoms with Gasteiger partial charge in [-0.15, -0.1) is 0 Å². The summed E-state index contributed by atoms with van der Waals surface area (Å²) >= 11 is 0. The average Bonchev–Trinajstić information content (AvgIpc) is 2.06. The zero-order chi connectivity index (χ0) is 10.3. The summed E-state index contributed by atoms with van der Waals surface area (Å²) in [4.78, 5) is 8.27. The summed E-state index contributed by atoms with van der Waals surface area (Å²) in [6, 6.07) is 7.42. The Labute approximate surface area is 75.3 Å². The van der Waals surface area contributed by atoms with E-state index in [1.54, 1.807) is 18.2 Å². The second-order valence-electron chi connectivity index (χ2n) is 1.89. The Balaban J connectivity index is 0.000000424. The fourth-order valence-electron chi connectivity index (χ4n) is 0.592. The highest BCUT2D eigenvalue weighted by atomic mass is 32.2. The van der Waals surface area contributed by atoms with E-state index in [0.29, 0.717) is 0 Å². The van der Waals surface area contributed by atoms with Crippen molar-refractivity contribution in [2.24, 2.45) is 0 Å². The largest absolute Gasteiger partial charge is 0.294 e. The lowest BCUT2D eigenvalue weighted by Gasteiger charge is -1.92. The SMILES string of the molecule is N=C=O.O=S(=O)(O)c1ccccc1. The zero-order valence-electron chi connectivity index (χ0n) is 6.47. The number of nitrogens with one attached hydrogen (secondary N) is 1. The fourth-order valence-corrected chi connectivity index (χ4v) is 1.09. The first-order valence-corrected chi connectivity index (χ1v) is 4.52. The van der Waals surface area contributed by atoms with Crippen molar-refractivity contribution in [1.29, 1.82) is 5.41 Å². The van der Waals surface area contributed by atoms with Gasteiger partial charge in [-0.05, 0) is 12.1 Å². The molecule has 0 saturated heterocycles. The summed E-state index contributed by atoms with van der Waals surface area (Å²) in [6.07, 6.45) is 0.750. The van der Waals surface area contributed by atoms with Gasteiger partial charge in [0.25, 0.3) is 10.1 Å². The Morgan fingerprint density at radius 3 is 1.85 bits per heavy atom. The maximum atomic E-state index is 10.4. The molecule has 0 aromatic heterocycles. The van der Waals surface area contributed by atoms with Gasteiger partial charge in [-0.3, -0.25) is 4.55 Å². The molecule has 0 heterocycles. The second-order valence-corrected chi connectivity index (χ2v) is 3.31. The topological polar surface area (TPSA) is 95.3 Å². The Morgan fingerprint density at radius 1 is 1.23 bits per heavy atom. The molecule has 13 heavy (non-hydrogen) atoms. The van der Waals surface area contributed by atoms with Gasteiger partial charge in [0.05, 0.1) is 4.90 Å². The summed E-state index contributed by atoms with van der Waals surface area (Å²) in [5, 5.41) is 5.40. The van der Waals surface area contributed by atoms with E-state index in [-0.39, 0.29) is 4.90 Å². The Kier molecular flexibility index (Phi) is 4.61. The highest BCUT2D eigenvalue weighted by Gasteiger charge is 2.05. The number of isocyanates is 1. The Hall–Kier alpha value is -1.49. The van der Waals surface area contributed by atoms with E-state index in [1.807, 2.05) is 0 Å². The molecule has 0 bridgehead atoms. The smallest absolute Gasteiger partial charge is 0.282 e. The van der Waals surface area contributed by atoms with Crippen LogP contribution in [-0.2, 0) is 14.9 Å². The van der Waals surface area contributed by atoms with Gasteiger partial charge in [-0.2, -0.15) is 8.42 Å². The molecule has 2 N–H and O–H groups in total. The van der Waals surface area contributed by atoms with Crippen LogP contribution in [0, 0.1) is 5.41 Å². The summed E-state index contributed by atoms with van der Waals surface area (Å²) in [7, 11) is -4.00. The predicted molar refractivity (Wildman–Crippen MR) is 44.7 cm³/mol. The quantitative estimate of drug-likeness (QED) is 0.399. The molecule has 0 aliphatic heterocycles. The van der Waals surface area contributed by atoms with Gasteiger partial charge in [0.15, 0.2) is 0 Å². The first-order chi connectivity index (χ1) is 6.02. The molecular formula is C7H7NO4S. The van der Waals surface area contributed by atoms with E-state index in [0.717, 1.165) is 6.08 Å². The number of rotatable bonds is 1. The van der Waals surface area contributed by atoms with Gasteiger partial charge in [0.2, 0.25) is 6.08 Å². The molecule has 0 fully saturated rings. The summed E-state index contributed by atoms with van der Waals surface area (Å²) in [5.74, 6) is 0. The van der Waals surface area contributed by atoms with Crippen molar-refractivity contribution in [3.8, 4) is 0 Å². The van der Waals surface area contributed by atoms with E-state index < -0.39 is 10.1 Å². The van der Waals surface area contributed by atoms with Crippen LogP contribution in [0.25, 0.3) is 0 Å². The van der Waals surface area contributed by atoms with E-state index in [2.05, 4.69) is 0 Å². The number of carbonyl (C=O) groups excluding carboxylic acids is 1. The highest BCUT2D eigenvalue weighted by molar-refractivity contribution is 7.85. The molecule has 70 valence electrons. The van der Waals surface area contributed by atoms with Gasteiger partial charge in [-0.1, -0.05) is 18.2 Å².